The van der Waals surface area contributed by atoms with Crippen LogP contribution in [-0.2, 0) is 21.7 Å². The van der Waals surface area contributed by atoms with Crippen LogP contribution in [0.3, 0.4) is 0 Å². The minimum Gasteiger partial charge on any atom is -1.00 e. The summed E-state index contributed by atoms with van der Waals surface area (Å²) in [5.74, 6) is 1.83. The molecule has 2 aliphatic heterocycles. The maximum atomic E-state index is 2.62. The van der Waals surface area contributed by atoms with Crippen molar-refractivity contribution in [2.75, 3.05) is 0 Å². The van der Waals surface area contributed by atoms with Gasteiger partial charge in [0.2, 0.25) is 0 Å². The molecule has 2 saturated carbocycles. The van der Waals surface area contributed by atoms with Crippen molar-refractivity contribution in [1.82, 2.24) is 0 Å². The van der Waals surface area contributed by atoms with E-state index in [9.17, 15) is 0 Å². The fourth-order valence-electron chi connectivity index (χ4n) is 6.84. The number of fused-ring (bicyclic) bond motifs is 2. The maximum Gasteiger partial charge on any atom is 4.00 e. The summed E-state index contributed by atoms with van der Waals surface area (Å²) >= 11 is 0. The molecule has 2 saturated heterocycles. The third kappa shape index (κ3) is 5.25. The molecule has 4 fully saturated rings. The summed E-state index contributed by atoms with van der Waals surface area (Å²) in [5, 5.41) is 0. The molecule has 168 valence electrons. The molecule has 0 aromatic carbocycles. The summed E-state index contributed by atoms with van der Waals surface area (Å²) in [6.45, 7) is 5.24. The zero-order chi connectivity index (χ0) is 19.2. The van der Waals surface area contributed by atoms with Gasteiger partial charge < -0.3 is 24.8 Å². The Hall–Kier alpha value is 0.428. The molecule has 4 aliphatic carbocycles. The Morgan fingerprint density at radius 3 is 1.42 bits per heavy atom. The largest absolute Gasteiger partial charge is 4.00 e. The quantitative estimate of drug-likeness (QED) is 0.381. The van der Waals surface area contributed by atoms with E-state index >= 15 is 0 Å². The van der Waals surface area contributed by atoms with E-state index in [0.29, 0.717) is 0 Å². The summed E-state index contributed by atoms with van der Waals surface area (Å²) in [6, 6.07) is 6.32. The van der Waals surface area contributed by atoms with Gasteiger partial charge in [-0.05, 0) is 40.8 Å². The van der Waals surface area contributed by atoms with E-state index in [-0.39, 0.29) is 46.5 Å². The molecule has 5 heteroatoms. The Bertz CT molecular complexity index is 672. The van der Waals surface area contributed by atoms with Crippen LogP contribution in [0.5, 0.6) is 0 Å². The van der Waals surface area contributed by atoms with Crippen LogP contribution in [0, 0.1) is 22.9 Å². The van der Waals surface area contributed by atoms with Crippen LogP contribution in [0.4, 0.5) is 0 Å². The number of hydrogen-bond donors (Lipinski definition) is 0. The normalized spacial score (nSPS) is 30.4. The first-order valence-electron chi connectivity index (χ1n) is 12.1. The summed E-state index contributed by atoms with van der Waals surface area (Å²) in [5.41, 5.74) is 7.47. The Morgan fingerprint density at radius 1 is 0.710 bits per heavy atom. The van der Waals surface area contributed by atoms with E-state index in [1.54, 1.807) is 35.3 Å². The van der Waals surface area contributed by atoms with Crippen LogP contribution in [0.25, 0.3) is 0 Å². The molecule has 2 unspecified atom stereocenters. The van der Waals surface area contributed by atoms with Gasteiger partial charge in [-0.1, -0.05) is 75.8 Å². The van der Waals surface area contributed by atoms with Gasteiger partial charge in [0, 0.05) is 0 Å². The van der Waals surface area contributed by atoms with Crippen LogP contribution in [0.1, 0.15) is 51.4 Å². The van der Waals surface area contributed by atoms with Gasteiger partial charge in [-0.2, -0.15) is 0 Å². The van der Waals surface area contributed by atoms with Gasteiger partial charge in [-0.3, -0.25) is 0 Å². The molecule has 0 radical (unpaired) electrons. The van der Waals surface area contributed by atoms with Crippen molar-refractivity contribution in [3.8, 4) is 0 Å². The van der Waals surface area contributed by atoms with Crippen molar-refractivity contribution in [1.29, 1.82) is 0 Å². The van der Waals surface area contributed by atoms with Gasteiger partial charge in [0.05, 0.1) is 0 Å². The monoisotopic (exact) mass is 524 g/mol. The molecule has 0 nitrogen and oxygen atoms in total. The first kappa shape index (κ1) is 27.7. The molecule has 6 aliphatic rings. The summed E-state index contributed by atoms with van der Waals surface area (Å²) in [6.07, 6.45) is 25.6. The van der Waals surface area contributed by atoms with Crippen LogP contribution in [-0.4, -0.2) is 16.1 Å². The standard InChI is InChI=1S/2C13H19Si.2ClH.Ti/c2*1-14(9-4-10-14)13-8-7-11-5-2-3-6-12(11)13;;;/h2*2-3,6,11H,4-5,7-10H2,1H3;2*1H;/q2*-1;;;+4/p-2. The van der Waals surface area contributed by atoms with E-state index in [1.807, 2.05) is 11.1 Å². The smallest absolute Gasteiger partial charge is 1.00 e. The average molecular weight is 526 g/mol. The van der Waals surface area contributed by atoms with Crippen LogP contribution in [0.15, 0.2) is 47.6 Å². The molecule has 0 aromatic rings. The Balaban J connectivity index is 0.000000201. The van der Waals surface area contributed by atoms with Gasteiger partial charge in [0.1, 0.15) is 0 Å². The third-order valence-corrected chi connectivity index (χ3v) is 18.9. The van der Waals surface area contributed by atoms with E-state index in [1.165, 1.54) is 51.4 Å². The second-order valence-electron chi connectivity index (χ2n) is 10.8. The van der Waals surface area contributed by atoms with E-state index < -0.39 is 16.1 Å². The zero-order valence-corrected chi connectivity index (χ0v) is 24.4. The van der Waals surface area contributed by atoms with Gasteiger partial charge in [0.25, 0.3) is 0 Å². The molecule has 0 bridgehead atoms. The van der Waals surface area contributed by atoms with Crippen molar-refractivity contribution in [2.24, 2.45) is 11.8 Å². The summed E-state index contributed by atoms with van der Waals surface area (Å²) < 4.78 is 0. The van der Waals surface area contributed by atoms with E-state index in [0.717, 1.165) is 11.8 Å². The predicted octanol–water partition coefficient (Wildman–Crippen LogP) is 1.76. The molecule has 2 heterocycles. The maximum absolute atomic E-state index is 2.62. The van der Waals surface area contributed by atoms with Crippen molar-refractivity contribution in [2.45, 2.75) is 88.6 Å². The molecular weight excluding hydrogens is 487 g/mol. The summed E-state index contributed by atoms with van der Waals surface area (Å²) in [4.78, 5) is 0. The van der Waals surface area contributed by atoms with Gasteiger partial charge >= 0.3 is 21.7 Å². The number of allylic oxidation sites excluding steroid dienone is 8. The molecule has 0 aromatic heterocycles. The molecular formula is C26H38Cl2Si2Ti. The zero-order valence-electron chi connectivity index (χ0n) is 19.4. The molecule has 31 heavy (non-hydrogen) atoms. The van der Waals surface area contributed by atoms with Crippen molar-refractivity contribution in [3.05, 3.63) is 58.7 Å². The number of hydrogen-bond acceptors (Lipinski definition) is 0. The molecule has 2 atom stereocenters. The van der Waals surface area contributed by atoms with Crippen molar-refractivity contribution >= 4 is 16.1 Å². The molecule has 0 N–H and O–H groups in total. The number of halogens is 2. The van der Waals surface area contributed by atoms with E-state index in [4.69, 9.17) is 0 Å². The SMILES string of the molecule is C[Si]1([C-]2CCC3CC=CC=C23)CCC1.C[Si]1([C-]2CCC3CC=CC=C23)CCC1.[Cl-].[Cl-].[Ti+4]. The molecule has 0 spiro atoms. The topological polar surface area (TPSA) is 0 Å². The van der Waals surface area contributed by atoms with Crippen LogP contribution >= 0.6 is 0 Å². The second-order valence-corrected chi connectivity index (χ2v) is 20.3. The van der Waals surface area contributed by atoms with Crippen molar-refractivity contribution < 1.29 is 46.5 Å². The van der Waals surface area contributed by atoms with Crippen LogP contribution in [0.2, 0.25) is 37.3 Å². The first-order chi connectivity index (χ1) is 13.6. The van der Waals surface area contributed by atoms with E-state index in [2.05, 4.69) is 49.6 Å². The first-order valence-corrected chi connectivity index (χ1v) is 17.9. The van der Waals surface area contributed by atoms with Crippen molar-refractivity contribution in [3.63, 3.8) is 0 Å². The molecule has 0 amide bonds. The van der Waals surface area contributed by atoms with Gasteiger partial charge in [0.15, 0.2) is 0 Å². The Kier molecular flexibility index (Phi) is 10.0. The van der Waals surface area contributed by atoms with Gasteiger partial charge in [-0.25, -0.2) is 34.4 Å². The minimum absolute atomic E-state index is 0. The molecule has 6 rings (SSSR count). The predicted molar refractivity (Wildman–Crippen MR) is 127 cm³/mol. The number of rotatable bonds is 2. The fraction of sp³-hybridized carbons (Fsp3) is 0.615. The third-order valence-electron chi connectivity index (χ3n) is 9.10. The minimum atomic E-state index is -0.857. The van der Waals surface area contributed by atoms with Crippen LogP contribution < -0.4 is 24.8 Å². The fourth-order valence-corrected chi connectivity index (χ4v) is 14.3. The van der Waals surface area contributed by atoms with Gasteiger partial charge in [-0.15, -0.1) is 24.3 Å². The Labute approximate surface area is 220 Å². The average Bonchev–Trinajstić information content (AvgIpc) is 3.29. The Morgan fingerprint density at radius 2 is 1.10 bits per heavy atom. The second kappa shape index (κ2) is 11.2. The summed E-state index contributed by atoms with van der Waals surface area (Å²) in [7, 11) is -1.71.